The summed E-state index contributed by atoms with van der Waals surface area (Å²) in [5.41, 5.74) is 5.74. The van der Waals surface area contributed by atoms with Gasteiger partial charge in [-0.25, -0.2) is 4.79 Å². The van der Waals surface area contributed by atoms with E-state index in [2.05, 4.69) is 42.0 Å². The molecule has 0 aliphatic rings. The first-order valence-electron chi connectivity index (χ1n) is 6.43. The minimum absolute atomic E-state index is 0.0388. The highest BCUT2D eigenvalue weighted by molar-refractivity contribution is 9.10. The smallest absolute Gasteiger partial charge is 0.318 e. The summed E-state index contributed by atoms with van der Waals surface area (Å²) in [6, 6.07) is 4.72. The Morgan fingerprint density at radius 3 is 2.57 bits per heavy atom. The number of rotatable bonds is 5. The van der Waals surface area contributed by atoms with Crippen LogP contribution < -0.4 is 21.1 Å². The molecule has 3 amide bonds. The first-order valence-corrected chi connectivity index (χ1v) is 7.23. The lowest BCUT2D eigenvalue weighted by Crippen LogP contribution is -2.38. The third-order valence-corrected chi connectivity index (χ3v) is 3.09. The highest BCUT2D eigenvalue weighted by Crippen LogP contribution is 2.29. The number of halogens is 1. The van der Waals surface area contributed by atoms with Crippen molar-refractivity contribution >= 4 is 27.9 Å². The van der Waals surface area contributed by atoms with E-state index in [1.807, 2.05) is 23.5 Å². The highest BCUT2D eigenvalue weighted by atomic mass is 79.9. The first-order chi connectivity index (χ1) is 9.69. The Morgan fingerprint density at radius 1 is 1.33 bits per heavy atom. The molecule has 1 aromatic rings. The number of urea groups is 1. The standard InChI is InChI=1S/C14H20BrN3O3/c1-14(2,3)17-7-9-5-4-6-10(15)12(9)21-8-11(19)18-13(16)20/h4-6,17H,7-8H2,1-3H3,(H3,16,18,19,20). The fourth-order valence-electron chi connectivity index (χ4n) is 1.53. The average Bonchev–Trinajstić information content (AvgIpc) is 2.33. The summed E-state index contributed by atoms with van der Waals surface area (Å²) in [4.78, 5) is 22.0. The molecule has 0 fully saturated rings. The van der Waals surface area contributed by atoms with E-state index >= 15 is 0 Å². The van der Waals surface area contributed by atoms with Crippen molar-refractivity contribution in [2.75, 3.05) is 6.61 Å². The Labute approximate surface area is 132 Å². The Hall–Kier alpha value is -1.60. The van der Waals surface area contributed by atoms with Crippen LogP contribution in [0, 0.1) is 0 Å². The number of para-hydroxylation sites is 1. The van der Waals surface area contributed by atoms with Crippen LogP contribution in [0.2, 0.25) is 0 Å². The van der Waals surface area contributed by atoms with Crippen LogP contribution in [-0.4, -0.2) is 24.1 Å². The Balaban J connectivity index is 2.76. The van der Waals surface area contributed by atoms with Crippen molar-refractivity contribution in [3.63, 3.8) is 0 Å². The highest BCUT2D eigenvalue weighted by Gasteiger charge is 2.14. The fourth-order valence-corrected chi connectivity index (χ4v) is 2.05. The number of nitrogens with one attached hydrogen (secondary N) is 2. The van der Waals surface area contributed by atoms with Crippen LogP contribution in [-0.2, 0) is 11.3 Å². The number of carbonyl (C=O) groups is 2. The molecule has 116 valence electrons. The molecule has 21 heavy (non-hydrogen) atoms. The molecule has 0 aromatic heterocycles. The molecule has 0 saturated carbocycles. The van der Waals surface area contributed by atoms with Crippen LogP contribution in [0.15, 0.2) is 22.7 Å². The molecule has 0 aliphatic carbocycles. The lowest BCUT2D eigenvalue weighted by atomic mass is 10.1. The van der Waals surface area contributed by atoms with Crippen molar-refractivity contribution in [2.24, 2.45) is 5.73 Å². The summed E-state index contributed by atoms with van der Waals surface area (Å²) >= 11 is 3.39. The SMILES string of the molecule is CC(C)(C)NCc1cccc(Br)c1OCC(=O)NC(N)=O. The normalized spacial score (nSPS) is 11.0. The third-order valence-electron chi connectivity index (χ3n) is 2.47. The number of imide groups is 1. The number of ether oxygens (including phenoxy) is 1. The van der Waals surface area contributed by atoms with Crippen molar-refractivity contribution in [3.05, 3.63) is 28.2 Å². The van der Waals surface area contributed by atoms with Gasteiger partial charge in [0.05, 0.1) is 4.47 Å². The van der Waals surface area contributed by atoms with E-state index in [0.29, 0.717) is 12.3 Å². The third kappa shape index (κ3) is 6.59. The van der Waals surface area contributed by atoms with Crippen LogP contribution >= 0.6 is 15.9 Å². The van der Waals surface area contributed by atoms with Gasteiger partial charge in [0.25, 0.3) is 5.91 Å². The van der Waals surface area contributed by atoms with E-state index in [1.165, 1.54) is 0 Å². The van der Waals surface area contributed by atoms with E-state index in [-0.39, 0.29) is 12.1 Å². The predicted molar refractivity (Wildman–Crippen MR) is 84.0 cm³/mol. The Bertz CT molecular complexity index is 527. The zero-order chi connectivity index (χ0) is 16.0. The number of nitrogens with two attached hydrogens (primary N) is 1. The summed E-state index contributed by atoms with van der Waals surface area (Å²) in [6.07, 6.45) is 0. The Kier molecular flexibility index (Phi) is 6.17. The molecule has 0 spiro atoms. The second-order valence-corrected chi connectivity index (χ2v) is 6.39. The lowest BCUT2D eigenvalue weighted by Gasteiger charge is -2.22. The molecule has 1 rings (SSSR count). The quantitative estimate of drug-likeness (QED) is 0.750. The van der Waals surface area contributed by atoms with E-state index < -0.39 is 11.9 Å². The Morgan fingerprint density at radius 2 is 2.00 bits per heavy atom. The zero-order valence-electron chi connectivity index (χ0n) is 12.3. The molecule has 4 N–H and O–H groups in total. The second-order valence-electron chi connectivity index (χ2n) is 5.53. The van der Waals surface area contributed by atoms with Gasteiger partial charge in [0, 0.05) is 17.6 Å². The number of primary amides is 1. The van der Waals surface area contributed by atoms with Crippen molar-refractivity contribution in [1.82, 2.24) is 10.6 Å². The van der Waals surface area contributed by atoms with E-state index in [0.717, 1.165) is 10.0 Å². The summed E-state index contributed by atoms with van der Waals surface area (Å²) in [7, 11) is 0. The predicted octanol–water partition coefficient (Wildman–Crippen LogP) is 1.91. The second kappa shape index (κ2) is 7.42. The molecule has 1 aromatic carbocycles. The minimum atomic E-state index is -0.898. The fraction of sp³-hybridized carbons (Fsp3) is 0.429. The molecular weight excluding hydrogens is 338 g/mol. The number of amides is 3. The van der Waals surface area contributed by atoms with Gasteiger partial charge in [-0.05, 0) is 42.8 Å². The number of hydrogen-bond acceptors (Lipinski definition) is 4. The van der Waals surface area contributed by atoms with E-state index in [1.54, 1.807) is 0 Å². The molecule has 0 heterocycles. The van der Waals surface area contributed by atoms with Crippen LogP contribution in [0.4, 0.5) is 4.79 Å². The van der Waals surface area contributed by atoms with Gasteiger partial charge in [-0.15, -0.1) is 0 Å². The number of hydrogen-bond donors (Lipinski definition) is 3. The zero-order valence-corrected chi connectivity index (χ0v) is 13.9. The lowest BCUT2D eigenvalue weighted by molar-refractivity contribution is -0.121. The average molecular weight is 358 g/mol. The molecule has 0 atom stereocenters. The molecule has 7 heteroatoms. The van der Waals surface area contributed by atoms with Gasteiger partial charge in [-0.2, -0.15) is 0 Å². The molecule has 6 nitrogen and oxygen atoms in total. The van der Waals surface area contributed by atoms with E-state index in [9.17, 15) is 9.59 Å². The topological polar surface area (TPSA) is 93.4 Å². The maximum absolute atomic E-state index is 11.4. The first kappa shape index (κ1) is 17.5. The number of carbonyl (C=O) groups excluding carboxylic acids is 2. The van der Waals surface area contributed by atoms with Crippen LogP contribution in [0.5, 0.6) is 5.75 Å². The van der Waals surface area contributed by atoms with Crippen LogP contribution in [0.25, 0.3) is 0 Å². The van der Waals surface area contributed by atoms with Crippen molar-refractivity contribution in [3.8, 4) is 5.75 Å². The van der Waals surface area contributed by atoms with Crippen molar-refractivity contribution in [2.45, 2.75) is 32.9 Å². The van der Waals surface area contributed by atoms with Crippen LogP contribution in [0.3, 0.4) is 0 Å². The molecular formula is C14H20BrN3O3. The van der Waals surface area contributed by atoms with Gasteiger partial charge >= 0.3 is 6.03 Å². The summed E-state index contributed by atoms with van der Waals surface area (Å²) in [5.74, 6) is -0.0261. The largest absolute Gasteiger partial charge is 0.482 e. The molecule has 0 aliphatic heterocycles. The number of benzene rings is 1. The molecule has 0 radical (unpaired) electrons. The van der Waals surface area contributed by atoms with Gasteiger partial charge in [0.2, 0.25) is 0 Å². The minimum Gasteiger partial charge on any atom is -0.482 e. The van der Waals surface area contributed by atoms with Crippen molar-refractivity contribution in [1.29, 1.82) is 0 Å². The molecule has 0 bridgehead atoms. The van der Waals surface area contributed by atoms with Gasteiger partial charge in [0.1, 0.15) is 5.75 Å². The van der Waals surface area contributed by atoms with Crippen LogP contribution in [0.1, 0.15) is 26.3 Å². The van der Waals surface area contributed by atoms with Gasteiger partial charge < -0.3 is 15.8 Å². The summed E-state index contributed by atoms with van der Waals surface area (Å²) in [5, 5.41) is 5.30. The maximum atomic E-state index is 11.4. The van der Waals surface area contributed by atoms with Gasteiger partial charge in [0.15, 0.2) is 6.61 Å². The summed E-state index contributed by atoms with van der Waals surface area (Å²) < 4.78 is 6.23. The van der Waals surface area contributed by atoms with Gasteiger partial charge in [-0.3, -0.25) is 10.1 Å². The van der Waals surface area contributed by atoms with E-state index in [4.69, 9.17) is 10.5 Å². The van der Waals surface area contributed by atoms with Gasteiger partial charge in [-0.1, -0.05) is 12.1 Å². The maximum Gasteiger partial charge on any atom is 0.318 e. The van der Waals surface area contributed by atoms with Crippen molar-refractivity contribution < 1.29 is 14.3 Å². The monoisotopic (exact) mass is 357 g/mol. The molecule has 0 unspecified atom stereocenters. The molecule has 0 saturated heterocycles. The summed E-state index contributed by atoms with van der Waals surface area (Å²) in [6.45, 7) is 6.49.